The van der Waals surface area contributed by atoms with Crippen molar-refractivity contribution < 1.29 is 14.4 Å². The minimum atomic E-state index is -0.837. The Hall–Kier alpha value is -1.46. The van der Waals surface area contributed by atoms with Crippen molar-refractivity contribution in [2.75, 3.05) is 6.54 Å². The van der Waals surface area contributed by atoms with Gasteiger partial charge in [0.25, 0.3) is 0 Å². The van der Waals surface area contributed by atoms with Crippen LogP contribution < -0.4 is 5.73 Å². The smallest absolute Gasteiger partial charge is 0.360 e. The van der Waals surface area contributed by atoms with E-state index >= 15 is 0 Å². The van der Waals surface area contributed by atoms with Crippen LogP contribution in [0.5, 0.6) is 0 Å². The second kappa shape index (κ2) is 17.1. The van der Waals surface area contributed by atoms with Crippen LogP contribution in [-0.2, 0) is 4.79 Å². The van der Waals surface area contributed by atoms with E-state index in [1.807, 2.05) is 13.1 Å². The number of aliphatic carboxylic acids is 1. The summed E-state index contributed by atoms with van der Waals surface area (Å²) in [5.74, 6) is 0.0599. The molecule has 1 rings (SSSR count). The Balaban J connectivity index is 1.97. The van der Waals surface area contributed by atoms with Crippen LogP contribution in [0.4, 0.5) is 0 Å². The van der Waals surface area contributed by atoms with E-state index < -0.39 is 5.97 Å². The fourth-order valence-electron chi connectivity index (χ4n) is 4.28. The molecular formula is C26H48N3O2+. The number of nitrogens with two attached hydrogens (primary N) is 1. The van der Waals surface area contributed by atoms with Crippen LogP contribution in [0, 0.1) is 0 Å². The first-order valence-corrected chi connectivity index (χ1v) is 12.8. The van der Waals surface area contributed by atoms with E-state index in [0.29, 0.717) is 0 Å². The predicted octanol–water partition coefficient (Wildman–Crippen LogP) is 6.89. The molecule has 5 heteroatoms. The zero-order valence-corrected chi connectivity index (χ0v) is 20.2. The highest BCUT2D eigenvalue weighted by atomic mass is 16.4. The molecule has 2 unspecified atom stereocenters. The van der Waals surface area contributed by atoms with E-state index in [2.05, 4.69) is 24.1 Å². The summed E-state index contributed by atoms with van der Waals surface area (Å²) in [5.41, 5.74) is 6.11. The zero-order chi connectivity index (χ0) is 22.8. The van der Waals surface area contributed by atoms with E-state index in [0.717, 1.165) is 18.7 Å². The Morgan fingerprint density at radius 1 is 0.968 bits per heavy atom. The molecule has 0 saturated carbocycles. The Kier molecular flexibility index (Phi) is 15.2. The number of carboxylic acids is 1. The van der Waals surface area contributed by atoms with Crippen LogP contribution in [-0.4, -0.2) is 34.1 Å². The molecule has 0 amide bonds. The highest BCUT2D eigenvalue weighted by Crippen LogP contribution is 2.23. The maximum absolute atomic E-state index is 11.3. The topological polar surface area (TPSA) is 75.7 Å². The molecule has 0 aliphatic carbocycles. The number of hydrogen-bond donors (Lipinski definition) is 2. The van der Waals surface area contributed by atoms with Crippen molar-refractivity contribution in [2.45, 2.75) is 123 Å². The van der Waals surface area contributed by atoms with Gasteiger partial charge in [0, 0.05) is 13.3 Å². The molecule has 1 aliphatic rings. The molecule has 31 heavy (non-hydrogen) atoms. The lowest BCUT2D eigenvalue weighted by Crippen LogP contribution is -2.59. The molecule has 0 fully saturated rings. The first-order chi connectivity index (χ1) is 15.0. The van der Waals surface area contributed by atoms with Crippen molar-refractivity contribution in [3.8, 4) is 0 Å². The van der Waals surface area contributed by atoms with E-state index in [1.54, 1.807) is 6.20 Å². The lowest BCUT2D eigenvalue weighted by Gasteiger charge is -2.34. The van der Waals surface area contributed by atoms with Gasteiger partial charge >= 0.3 is 5.97 Å². The number of quaternary nitrogens is 1. The number of amidine groups is 1. The van der Waals surface area contributed by atoms with Gasteiger partial charge in [0.1, 0.15) is 12.4 Å². The summed E-state index contributed by atoms with van der Waals surface area (Å²) in [5, 5.41) is 9.26. The lowest BCUT2D eigenvalue weighted by molar-refractivity contribution is -0.805. The monoisotopic (exact) mass is 434 g/mol. The molecule has 2 atom stereocenters. The average Bonchev–Trinajstić information content (AvgIpc) is 3.13. The Morgan fingerprint density at radius 3 is 2.00 bits per heavy atom. The molecule has 0 spiro atoms. The van der Waals surface area contributed by atoms with E-state index in [4.69, 9.17) is 5.73 Å². The molecule has 0 bridgehead atoms. The van der Waals surface area contributed by atoms with Crippen LogP contribution >= 0.6 is 0 Å². The first-order valence-electron chi connectivity index (χ1n) is 12.8. The van der Waals surface area contributed by atoms with Crippen molar-refractivity contribution in [2.24, 2.45) is 10.7 Å². The standard InChI is InChI=1S/C26H47N3O2/c1-3-4-5-6-7-8-9-10-11-12-13-14-15-16-17-18-19-20-25-28-21-22-29(25,24(2)27)23-26(30)31/h6-7,21-22,24H,3-5,8-20,23,27H2,1-2H3/p+1/b7-6+. The van der Waals surface area contributed by atoms with Crippen LogP contribution in [0.3, 0.4) is 0 Å². The number of allylic oxidation sites excluding steroid dienone is 2. The molecule has 0 saturated heterocycles. The number of nitrogens with zero attached hydrogens (tertiary/aromatic N) is 2. The highest BCUT2D eigenvalue weighted by Gasteiger charge is 2.40. The molecular weight excluding hydrogens is 386 g/mol. The van der Waals surface area contributed by atoms with Crippen molar-refractivity contribution >= 4 is 11.8 Å². The van der Waals surface area contributed by atoms with Crippen LogP contribution in [0.15, 0.2) is 29.5 Å². The Morgan fingerprint density at radius 2 is 1.48 bits per heavy atom. The van der Waals surface area contributed by atoms with Gasteiger partial charge in [-0.3, -0.25) is 5.73 Å². The third kappa shape index (κ3) is 11.6. The van der Waals surface area contributed by atoms with Gasteiger partial charge in [-0.05, 0) is 25.7 Å². The molecule has 1 aliphatic heterocycles. The van der Waals surface area contributed by atoms with Gasteiger partial charge in [0.15, 0.2) is 6.54 Å². The third-order valence-corrected chi connectivity index (χ3v) is 6.32. The van der Waals surface area contributed by atoms with Gasteiger partial charge in [-0.15, -0.1) is 0 Å². The average molecular weight is 435 g/mol. The quantitative estimate of drug-likeness (QED) is 0.124. The molecule has 5 nitrogen and oxygen atoms in total. The van der Waals surface area contributed by atoms with Crippen LogP contribution in [0.25, 0.3) is 0 Å². The van der Waals surface area contributed by atoms with Gasteiger partial charge in [0.2, 0.25) is 5.84 Å². The molecule has 0 aromatic carbocycles. The summed E-state index contributed by atoms with van der Waals surface area (Å²) in [6.07, 6.45) is 28.3. The zero-order valence-electron chi connectivity index (χ0n) is 20.2. The molecule has 0 aromatic rings. The van der Waals surface area contributed by atoms with Crippen molar-refractivity contribution in [3.63, 3.8) is 0 Å². The van der Waals surface area contributed by atoms with Gasteiger partial charge in [-0.1, -0.05) is 89.7 Å². The van der Waals surface area contributed by atoms with Gasteiger partial charge in [-0.25, -0.2) is 14.3 Å². The van der Waals surface area contributed by atoms with E-state index in [-0.39, 0.29) is 17.2 Å². The summed E-state index contributed by atoms with van der Waals surface area (Å²) in [6.45, 7) is 4.08. The first kappa shape index (κ1) is 27.6. The second-order valence-corrected chi connectivity index (χ2v) is 9.11. The minimum Gasteiger partial charge on any atom is -0.477 e. The molecule has 3 N–H and O–H groups in total. The fraction of sp³-hybridized carbons (Fsp3) is 0.769. The lowest BCUT2D eigenvalue weighted by atomic mass is 10.0. The normalized spacial score (nSPS) is 19.3. The largest absolute Gasteiger partial charge is 0.477 e. The molecule has 178 valence electrons. The summed E-state index contributed by atoms with van der Waals surface area (Å²) in [7, 11) is 0. The molecule has 0 radical (unpaired) electrons. The van der Waals surface area contributed by atoms with Crippen molar-refractivity contribution in [1.82, 2.24) is 0 Å². The molecule has 1 heterocycles. The number of hydrogen-bond acceptors (Lipinski definition) is 3. The molecule has 0 aromatic heterocycles. The maximum Gasteiger partial charge on any atom is 0.360 e. The summed E-state index contributed by atoms with van der Waals surface area (Å²) in [6, 6.07) is 0. The van der Waals surface area contributed by atoms with E-state index in [1.165, 1.54) is 89.9 Å². The number of carbonyl (C=O) groups is 1. The SMILES string of the molecule is CCCC/C=C/CCCCCCCCCCCCCC1=NC=C[N+]1(CC(=O)O)C(C)N. The van der Waals surface area contributed by atoms with Crippen molar-refractivity contribution in [1.29, 1.82) is 0 Å². The van der Waals surface area contributed by atoms with Crippen LogP contribution in [0.1, 0.15) is 117 Å². The second-order valence-electron chi connectivity index (χ2n) is 9.11. The van der Waals surface area contributed by atoms with Gasteiger partial charge in [0.05, 0.1) is 6.20 Å². The summed E-state index contributed by atoms with van der Waals surface area (Å²) < 4.78 is 0.171. The van der Waals surface area contributed by atoms with Gasteiger partial charge in [-0.2, -0.15) is 0 Å². The number of unbranched alkanes of at least 4 members (excludes halogenated alkanes) is 13. The number of rotatable bonds is 20. The Bertz CT molecular complexity index is 569. The fourth-order valence-corrected chi connectivity index (χ4v) is 4.28. The van der Waals surface area contributed by atoms with Crippen LogP contribution in [0.2, 0.25) is 0 Å². The summed E-state index contributed by atoms with van der Waals surface area (Å²) in [4.78, 5) is 15.7. The summed E-state index contributed by atoms with van der Waals surface area (Å²) >= 11 is 0. The van der Waals surface area contributed by atoms with E-state index in [9.17, 15) is 9.90 Å². The third-order valence-electron chi connectivity index (χ3n) is 6.32. The van der Waals surface area contributed by atoms with Gasteiger partial charge < -0.3 is 5.11 Å². The Labute approximate surface area is 191 Å². The maximum atomic E-state index is 11.3. The van der Waals surface area contributed by atoms with Crippen molar-refractivity contribution in [3.05, 3.63) is 24.6 Å². The highest BCUT2D eigenvalue weighted by molar-refractivity contribution is 5.81. The number of aliphatic imine (C=N–C) groups is 1. The predicted molar refractivity (Wildman–Crippen MR) is 132 cm³/mol. The number of carboxylic acid groups (broad SMARTS) is 1. The minimum absolute atomic E-state index is 0.0251.